The summed E-state index contributed by atoms with van der Waals surface area (Å²) in [6, 6.07) is 8.20. The standard InChI is InChI=1S/C23H24Cl2N4O5S2/c1-14(2)29(13-17-4-3-9-35-17)36(33,34)28-20(23(31)32)10-15-5-7-16(8-6-15)27-22(30)21-18(24)11-26-12-19(21)25/h3-9,11-12,14,20,28H,10,13H2,1-2H3,(H,27,30)(H,31,32). The third-order valence-electron chi connectivity index (χ3n) is 5.10. The van der Waals surface area contributed by atoms with Gasteiger partial charge in [0, 0.05) is 35.5 Å². The first-order valence-corrected chi connectivity index (χ1v) is 13.8. The number of aromatic nitrogens is 1. The second-order valence-corrected chi connectivity index (χ2v) is 11.6. The molecule has 1 unspecified atom stereocenters. The number of anilines is 1. The Morgan fingerprint density at radius 3 is 2.28 bits per heavy atom. The Bertz CT molecular complexity index is 1300. The quantitative estimate of drug-likeness (QED) is 0.312. The number of rotatable bonds is 11. The van der Waals surface area contributed by atoms with E-state index >= 15 is 0 Å². The SMILES string of the molecule is CC(C)N(Cc1cccs1)S(=O)(=O)NC(Cc1ccc(NC(=O)c2c(Cl)cncc2Cl)cc1)C(=O)O. The average molecular weight is 572 g/mol. The first-order valence-electron chi connectivity index (χ1n) is 10.7. The summed E-state index contributed by atoms with van der Waals surface area (Å²) >= 11 is 13.4. The van der Waals surface area contributed by atoms with Gasteiger partial charge in [0.25, 0.3) is 16.1 Å². The number of carbonyl (C=O) groups excluding carboxylic acids is 1. The minimum Gasteiger partial charge on any atom is -0.480 e. The third-order valence-corrected chi connectivity index (χ3v) is 8.28. The normalized spacial score (nSPS) is 12.6. The number of hydrogen-bond donors (Lipinski definition) is 3. The van der Waals surface area contributed by atoms with Crippen LogP contribution in [-0.4, -0.2) is 46.8 Å². The van der Waals surface area contributed by atoms with Gasteiger partial charge >= 0.3 is 5.97 Å². The summed E-state index contributed by atoms with van der Waals surface area (Å²) < 4.78 is 29.6. The highest BCUT2D eigenvalue weighted by Gasteiger charge is 2.31. The highest BCUT2D eigenvalue weighted by molar-refractivity contribution is 7.87. The average Bonchev–Trinajstić information content (AvgIpc) is 3.31. The van der Waals surface area contributed by atoms with Gasteiger partial charge in [-0.1, -0.05) is 41.4 Å². The fourth-order valence-electron chi connectivity index (χ4n) is 3.31. The maximum absolute atomic E-state index is 13.1. The number of halogens is 2. The van der Waals surface area contributed by atoms with Crippen LogP contribution in [0.4, 0.5) is 5.69 Å². The van der Waals surface area contributed by atoms with Gasteiger partial charge < -0.3 is 10.4 Å². The molecule has 3 aromatic rings. The molecular formula is C23H24Cl2N4O5S2. The topological polar surface area (TPSA) is 129 Å². The van der Waals surface area contributed by atoms with Crippen molar-refractivity contribution < 1.29 is 23.1 Å². The van der Waals surface area contributed by atoms with Crippen LogP contribution in [-0.2, 0) is 28.0 Å². The molecule has 13 heteroatoms. The van der Waals surface area contributed by atoms with Crippen LogP contribution < -0.4 is 10.0 Å². The second-order valence-electron chi connectivity index (χ2n) is 8.07. The predicted octanol–water partition coefficient (Wildman–Crippen LogP) is 4.44. The minimum atomic E-state index is -4.10. The lowest BCUT2D eigenvalue weighted by atomic mass is 10.1. The van der Waals surface area contributed by atoms with Crippen molar-refractivity contribution in [2.24, 2.45) is 0 Å². The van der Waals surface area contributed by atoms with Gasteiger partial charge in [-0.15, -0.1) is 11.3 Å². The van der Waals surface area contributed by atoms with Crippen molar-refractivity contribution in [2.75, 3.05) is 5.32 Å². The number of hydrogen-bond acceptors (Lipinski definition) is 6. The fourth-order valence-corrected chi connectivity index (χ4v) is 6.17. The zero-order chi connectivity index (χ0) is 26.5. The molecule has 0 saturated carbocycles. The van der Waals surface area contributed by atoms with Gasteiger partial charge in [0.2, 0.25) is 0 Å². The number of aliphatic carboxylic acids is 1. The molecule has 0 radical (unpaired) electrons. The molecule has 2 aromatic heterocycles. The molecule has 192 valence electrons. The van der Waals surface area contributed by atoms with Crippen molar-refractivity contribution in [2.45, 2.75) is 38.9 Å². The molecule has 0 saturated heterocycles. The third kappa shape index (κ3) is 7.25. The van der Waals surface area contributed by atoms with E-state index in [1.165, 1.54) is 28.0 Å². The zero-order valence-corrected chi connectivity index (χ0v) is 22.5. The molecule has 9 nitrogen and oxygen atoms in total. The number of thiophene rings is 1. The first-order chi connectivity index (χ1) is 17.0. The first kappa shape index (κ1) is 28.0. The van der Waals surface area contributed by atoms with Crippen molar-refractivity contribution >= 4 is 62.3 Å². The van der Waals surface area contributed by atoms with Gasteiger partial charge in [0.15, 0.2) is 0 Å². The van der Waals surface area contributed by atoms with Gasteiger partial charge in [-0.3, -0.25) is 14.6 Å². The van der Waals surface area contributed by atoms with Crippen molar-refractivity contribution in [1.82, 2.24) is 14.0 Å². The van der Waals surface area contributed by atoms with E-state index in [0.717, 1.165) is 4.88 Å². The van der Waals surface area contributed by atoms with Crippen LogP contribution in [0.1, 0.15) is 34.6 Å². The number of carboxylic acids is 1. The van der Waals surface area contributed by atoms with E-state index in [4.69, 9.17) is 23.2 Å². The highest BCUT2D eigenvalue weighted by Crippen LogP contribution is 2.24. The molecule has 0 fully saturated rings. The Labute approximate surface area is 223 Å². The number of benzene rings is 1. The largest absolute Gasteiger partial charge is 0.480 e. The molecule has 1 aromatic carbocycles. The van der Waals surface area contributed by atoms with Gasteiger partial charge in [0.1, 0.15) is 6.04 Å². The van der Waals surface area contributed by atoms with Crippen molar-refractivity contribution in [3.8, 4) is 0 Å². The van der Waals surface area contributed by atoms with E-state index in [0.29, 0.717) is 11.3 Å². The zero-order valence-electron chi connectivity index (χ0n) is 19.3. The number of amides is 1. The van der Waals surface area contributed by atoms with Crippen molar-refractivity contribution in [3.63, 3.8) is 0 Å². The number of nitrogens with zero attached hydrogens (tertiary/aromatic N) is 2. The molecular weight excluding hydrogens is 547 g/mol. The van der Waals surface area contributed by atoms with E-state index in [9.17, 15) is 23.1 Å². The van der Waals surface area contributed by atoms with Gasteiger partial charge in [-0.2, -0.15) is 17.4 Å². The number of carbonyl (C=O) groups is 2. The highest BCUT2D eigenvalue weighted by atomic mass is 35.5. The molecule has 1 amide bonds. The van der Waals surface area contributed by atoms with Crippen LogP contribution in [0.15, 0.2) is 54.2 Å². The Kier molecular flexibility index (Phi) is 9.45. The van der Waals surface area contributed by atoms with Crippen LogP contribution >= 0.6 is 34.5 Å². The minimum absolute atomic E-state index is 0.0787. The van der Waals surface area contributed by atoms with Crippen molar-refractivity contribution in [3.05, 3.63) is 80.2 Å². The van der Waals surface area contributed by atoms with Crippen LogP contribution in [0.5, 0.6) is 0 Å². The van der Waals surface area contributed by atoms with Crippen LogP contribution in [0, 0.1) is 0 Å². The van der Waals surface area contributed by atoms with E-state index in [1.807, 2.05) is 17.5 Å². The second kappa shape index (κ2) is 12.1. The molecule has 0 aliphatic carbocycles. The van der Waals surface area contributed by atoms with Gasteiger partial charge in [-0.25, -0.2) is 0 Å². The summed E-state index contributed by atoms with van der Waals surface area (Å²) in [5.74, 6) is -1.84. The summed E-state index contributed by atoms with van der Waals surface area (Å²) in [5.41, 5.74) is 1.05. The summed E-state index contributed by atoms with van der Waals surface area (Å²) in [7, 11) is -4.10. The molecule has 0 spiro atoms. The lowest BCUT2D eigenvalue weighted by molar-refractivity contribution is -0.138. The van der Waals surface area contributed by atoms with Crippen LogP contribution in [0.25, 0.3) is 0 Å². The fraction of sp³-hybridized carbons (Fsp3) is 0.261. The van der Waals surface area contributed by atoms with Gasteiger partial charge in [-0.05, 0) is 49.4 Å². The maximum atomic E-state index is 13.1. The molecule has 1 atom stereocenters. The van der Waals surface area contributed by atoms with Crippen LogP contribution in [0.3, 0.4) is 0 Å². The van der Waals surface area contributed by atoms with E-state index in [1.54, 1.807) is 38.1 Å². The summed E-state index contributed by atoms with van der Waals surface area (Å²) in [5, 5.41) is 14.4. The molecule has 0 bridgehead atoms. The lowest BCUT2D eigenvalue weighted by Gasteiger charge is -2.27. The molecule has 3 N–H and O–H groups in total. The lowest BCUT2D eigenvalue weighted by Crippen LogP contribution is -2.50. The van der Waals surface area contributed by atoms with Crippen LogP contribution in [0.2, 0.25) is 10.0 Å². The van der Waals surface area contributed by atoms with E-state index in [2.05, 4.69) is 15.0 Å². The van der Waals surface area contributed by atoms with Gasteiger partial charge in [0.05, 0.1) is 15.6 Å². The smallest absolute Gasteiger partial charge is 0.322 e. The molecule has 0 aliphatic heterocycles. The Morgan fingerprint density at radius 2 is 1.75 bits per heavy atom. The maximum Gasteiger partial charge on any atom is 0.322 e. The number of carboxylic acid groups (broad SMARTS) is 1. The predicted molar refractivity (Wildman–Crippen MR) is 141 cm³/mol. The molecule has 0 aliphatic rings. The number of pyridine rings is 1. The molecule has 36 heavy (non-hydrogen) atoms. The summed E-state index contributed by atoms with van der Waals surface area (Å²) in [4.78, 5) is 29.1. The monoisotopic (exact) mass is 570 g/mol. The Balaban J connectivity index is 1.70. The van der Waals surface area contributed by atoms with E-state index < -0.39 is 28.1 Å². The van der Waals surface area contributed by atoms with E-state index in [-0.39, 0.29) is 34.6 Å². The van der Waals surface area contributed by atoms with Crippen molar-refractivity contribution in [1.29, 1.82) is 0 Å². The summed E-state index contributed by atoms with van der Waals surface area (Å²) in [6.45, 7) is 3.58. The molecule has 2 heterocycles. The Hall–Kier alpha value is -2.54. The summed E-state index contributed by atoms with van der Waals surface area (Å²) in [6.07, 6.45) is 2.51. The Morgan fingerprint density at radius 1 is 1.11 bits per heavy atom. The number of nitrogens with one attached hydrogen (secondary N) is 2. The molecule has 3 rings (SSSR count).